The van der Waals surface area contributed by atoms with Gasteiger partial charge in [-0.15, -0.1) is 0 Å². The van der Waals surface area contributed by atoms with Gasteiger partial charge in [0.1, 0.15) is 5.52 Å². The maximum absolute atomic E-state index is 11.9. The number of nitrogens with one attached hydrogen (secondary N) is 1. The molecule has 0 radical (unpaired) electrons. The number of fused-ring (bicyclic) bond motifs is 1. The highest BCUT2D eigenvalue weighted by molar-refractivity contribution is 7.89. The summed E-state index contributed by atoms with van der Waals surface area (Å²) in [4.78, 5) is 4.32. The Morgan fingerprint density at radius 2 is 2.18 bits per heavy atom. The third kappa shape index (κ3) is 2.48. The number of sulfonamides is 1. The zero-order valence-electron chi connectivity index (χ0n) is 9.73. The zero-order valence-corrected chi connectivity index (χ0v) is 10.5. The van der Waals surface area contributed by atoms with Crippen molar-refractivity contribution in [2.45, 2.75) is 25.2 Å². The van der Waals surface area contributed by atoms with Gasteiger partial charge < -0.3 is 4.42 Å². The lowest BCUT2D eigenvalue weighted by Crippen LogP contribution is -2.24. The van der Waals surface area contributed by atoms with Gasteiger partial charge in [-0.25, -0.2) is 18.1 Å². The second-order valence-electron chi connectivity index (χ2n) is 3.76. The van der Waals surface area contributed by atoms with Gasteiger partial charge in [-0.2, -0.15) is 0 Å². The Hall–Kier alpha value is -1.40. The average molecular weight is 254 g/mol. The summed E-state index contributed by atoms with van der Waals surface area (Å²) in [6, 6.07) is 4.66. The minimum Gasteiger partial charge on any atom is -0.441 e. The predicted octanol–water partition coefficient (Wildman–Crippen LogP) is 1.82. The van der Waals surface area contributed by atoms with Gasteiger partial charge in [0.2, 0.25) is 10.0 Å². The van der Waals surface area contributed by atoms with E-state index in [2.05, 4.69) is 9.71 Å². The van der Waals surface area contributed by atoms with Gasteiger partial charge in [-0.05, 0) is 24.6 Å². The average Bonchev–Trinajstić information content (AvgIpc) is 2.65. The first-order chi connectivity index (χ1) is 8.03. The number of hydrogen-bond donors (Lipinski definition) is 1. The molecule has 1 heterocycles. The second-order valence-corrected chi connectivity index (χ2v) is 5.53. The van der Waals surface area contributed by atoms with Crippen LogP contribution in [-0.2, 0) is 10.0 Å². The molecule has 1 N–H and O–H groups in total. The van der Waals surface area contributed by atoms with Gasteiger partial charge in [-0.1, -0.05) is 6.92 Å². The van der Waals surface area contributed by atoms with Crippen molar-refractivity contribution >= 4 is 21.1 Å². The van der Waals surface area contributed by atoms with Crippen molar-refractivity contribution in [2.75, 3.05) is 6.54 Å². The van der Waals surface area contributed by atoms with Crippen LogP contribution < -0.4 is 4.72 Å². The summed E-state index contributed by atoms with van der Waals surface area (Å²) in [6.07, 6.45) is 0.755. The van der Waals surface area contributed by atoms with E-state index in [9.17, 15) is 8.42 Å². The molecule has 5 nitrogen and oxygen atoms in total. The third-order valence-electron chi connectivity index (χ3n) is 2.32. The summed E-state index contributed by atoms with van der Waals surface area (Å²) in [7, 11) is -3.44. The van der Waals surface area contributed by atoms with Crippen LogP contribution in [0.25, 0.3) is 11.1 Å². The van der Waals surface area contributed by atoms with Gasteiger partial charge in [0.05, 0.1) is 4.90 Å². The Morgan fingerprint density at radius 3 is 2.88 bits per heavy atom. The van der Waals surface area contributed by atoms with Crippen molar-refractivity contribution in [3.8, 4) is 0 Å². The Bertz CT molecular complexity index is 631. The standard InChI is InChI=1S/C11H14N2O3S/c1-3-6-12-17(14,15)9-4-5-11-10(7-9)13-8(2)16-11/h4-5,7,12H,3,6H2,1-2H3. The fraction of sp³-hybridized carbons (Fsp3) is 0.364. The van der Waals surface area contributed by atoms with Crippen molar-refractivity contribution in [3.63, 3.8) is 0 Å². The molecule has 2 aromatic rings. The molecule has 0 aliphatic heterocycles. The Morgan fingerprint density at radius 1 is 1.41 bits per heavy atom. The molecule has 0 fully saturated rings. The highest BCUT2D eigenvalue weighted by atomic mass is 32.2. The maximum Gasteiger partial charge on any atom is 0.240 e. The quantitative estimate of drug-likeness (QED) is 0.903. The van der Waals surface area contributed by atoms with Crippen LogP contribution in [0.15, 0.2) is 27.5 Å². The van der Waals surface area contributed by atoms with Crippen molar-refractivity contribution < 1.29 is 12.8 Å². The second kappa shape index (κ2) is 4.46. The molecular weight excluding hydrogens is 240 g/mol. The van der Waals surface area contributed by atoms with Crippen LogP contribution in [0.3, 0.4) is 0 Å². The number of aromatic nitrogens is 1. The summed E-state index contributed by atoms with van der Waals surface area (Å²) in [5.74, 6) is 0.524. The normalized spacial score (nSPS) is 12.1. The Balaban J connectivity index is 2.42. The smallest absolute Gasteiger partial charge is 0.240 e. The molecule has 6 heteroatoms. The van der Waals surface area contributed by atoms with E-state index in [4.69, 9.17) is 4.42 Å². The number of aryl methyl sites for hydroxylation is 1. The molecule has 17 heavy (non-hydrogen) atoms. The van der Waals surface area contributed by atoms with E-state index >= 15 is 0 Å². The molecule has 0 saturated heterocycles. The molecule has 0 amide bonds. The SMILES string of the molecule is CCCNS(=O)(=O)c1ccc2oc(C)nc2c1. The molecule has 0 aliphatic carbocycles. The van der Waals surface area contributed by atoms with E-state index < -0.39 is 10.0 Å². The first kappa shape index (κ1) is 12.1. The third-order valence-corrected chi connectivity index (χ3v) is 3.78. The Labute approximate surface area is 99.9 Å². The minimum absolute atomic E-state index is 0.215. The van der Waals surface area contributed by atoms with E-state index in [1.54, 1.807) is 13.0 Å². The minimum atomic E-state index is -3.44. The fourth-order valence-corrected chi connectivity index (χ4v) is 2.66. The number of rotatable bonds is 4. The maximum atomic E-state index is 11.9. The van der Waals surface area contributed by atoms with E-state index in [1.165, 1.54) is 12.1 Å². The number of benzene rings is 1. The van der Waals surface area contributed by atoms with Crippen LogP contribution in [-0.4, -0.2) is 19.9 Å². The molecule has 0 unspecified atom stereocenters. The molecule has 0 aliphatic rings. The molecule has 1 aromatic carbocycles. The summed E-state index contributed by atoms with van der Waals surface area (Å²) in [6.45, 7) is 4.06. The zero-order chi connectivity index (χ0) is 12.5. The summed E-state index contributed by atoms with van der Waals surface area (Å²) in [5.41, 5.74) is 1.15. The number of hydrogen-bond acceptors (Lipinski definition) is 4. The summed E-state index contributed by atoms with van der Waals surface area (Å²) >= 11 is 0. The molecule has 92 valence electrons. The highest BCUT2D eigenvalue weighted by Gasteiger charge is 2.14. The largest absolute Gasteiger partial charge is 0.441 e. The lowest BCUT2D eigenvalue weighted by molar-refractivity contribution is 0.561. The van der Waals surface area contributed by atoms with Gasteiger partial charge in [0.25, 0.3) is 0 Å². The number of oxazole rings is 1. The lowest BCUT2D eigenvalue weighted by Gasteiger charge is -2.04. The van der Waals surface area contributed by atoms with E-state index in [-0.39, 0.29) is 4.90 Å². The summed E-state index contributed by atoms with van der Waals surface area (Å²) < 4.78 is 31.5. The van der Waals surface area contributed by atoms with Gasteiger partial charge >= 0.3 is 0 Å². The topological polar surface area (TPSA) is 72.2 Å². The van der Waals surface area contributed by atoms with Crippen molar-refractivity contribution in [2.24, 2.45) is 0 Å². The van der Waals surface area contributed by atoms with Crippen LogP contribution in [0.5, 0.6) is 0 Å². The Kier molecular flexibility index (Phi) is 3.17. The molecule has 0 bridgehead atoms. The summed E-state index contributed by atoms with van der Waals surface area (Å²) in [5, 5.41) is 0. The van der Waals surface area contributed by atoms with Crippen LogP contribution >= 0.6 is 0 Å². The van der Waals surface area contributed by atoms with E-state index in [0.717, 1.165) is 6.42 Å². The van der Waals surface area contributed by atoms with Crippen LogP contribution in [0.4, 0.5) is 0 Å². The van der Waals surface area contributed by atoms with Crippen molar-refractivity contribution in [1.29, 1.82) is 0 Å². The first-order valence-corrected chi connectivity index (χ1v) is 6.88. The van der Waals surface area contributed by atoms with Crippen LogP contribution in [0, 0.1) is 6.92 Å². The molecule has 0 atom stereocenters. The molecule has 2 rings (SSSR count). The van der Waals surface area contributed by atoms with Gasteiger partial charge in [0, 0.05) is 13.5 Å². The van der Waals surface area contributed by atoms with Crippen molar-refractivity contribution in [1.82, 2.24) is 9.71 Å². The lowest BCUT2D eigenvalue weighted by atomic mass is 10.3. The number of nitrogens with zero attached hydrogens (tertiary/aromatic N) is 1. The van der Waals surface area contributed by atoms with Crippen molar-refractivity contribution in [3.05, 3.63) is 24.1 Å². The first-order valence-electron chi connectivity index (χ1n) is 5.40. The van der Waals surface area contributed by atoms with E-state index in [0.29, 0.717) is 23.5 Å². The van der Waals surface area contributed by atoms with Gasteiger partial charge in [-0.3, -0.25) is 0 Å². The van der Waals surface area contributed by atoms with E-state index in [1.807, 2.05) is 6.92 Å². The molecular formula is C11H14N2O3S. The molecule has 0 saturated carbocycles. The molecule has 0 spiro atoms. The fourth-order valence-electron chi connectivity index (χ4n) is 1.51. The molecule has 1 aromatic heterocycles. The van der Waals surface area contributed by atoms with Gasteiger partial charge in [0.15, 0.2) is 11.5 Å². The monoisotopic (exact) mass is 254 g/mol. The van der Waals surface area contributed by atoms with Crippen LogP contribution in [0.2, 0.25) is 0 Å². The van der Waals surface area contributed by atoms with Crippen LogP contribution in [0.1, 0.15) is 19.2 Å². The predicted molar refractivity (Wildman–Crippen MR) is 64.2 cm³/mol. The highest BCUT2D eigenvalue weighted by Crippen LogP contribution is 2.19.